The van der Waals surface area contributed by atoms with Crippen LogP contribution in [-0.4, -0.2) is 47.3 Å². The van der Waals surface area contributed by atoms with Crippen LogP contribution in [0.4, 0.5) is 0 Å². The molecule has 0 radical (unpaired) electrons. The second-order valence-electron chi connectivity index (χ2n) is 5.15. The number of nitrogens with one attached hydrogen (secondary N) is 1. The van der Waals surface area contributed by atoms with Crippen LogP contribution in [0.15, 0.2) is 0 Å². The van der Waals surface area contributed by atoms with Gasteiger partial charge in [0.1, 0.15) is 0 Å². The molecule has 3 N–H and O–H groups in total. The van der Waals surface area contributed by atoms with Crippen molar-refractivity contribution < 1.29 is 13.3 Å². The zero-order chi connectivity index (χ0) is 15.4. The Morgan fingerprint density at radius 2 is 1.50 bits per heavy atom. The van der Waals surface area contributed by atoms with E-state index in [1.807, 2.05) is 27.7 Å². The summed E-state index contributed by atoms with van der Waals surface area (Å²) >= 11 is 0. The molecule has 0 aliphatic carbocycles. The lowest BCUT2D eigenvalue weighted by Gasteiger charge is -2.28. The van der Waals surface area contributed by atoms with Crippen LogP contribution in [0.5, 0.6) is 0 Å². The van der Waals surface area contributed by atoms with Crippen LogP contribution in [0.2, 0.25) is 6.04 Å². The van der Waals surface area contributed by atoms with E-state index < -0.39 is 8.80 Å². The quantitative estimate of drug-likeness (QED) is 0.403. The first-order valence-electron chi connectivity index (χ1n) is 7.90. The molecular weight excluding hydrogens is 272 g/mol. The Labute approximate surface area is 125 Å². The molecule has 0 rings (SSSR count). The van der Waals surface area contributed by atoms with E-state index in [9.17, 15) is 0 Å². The molecule has 5 nitrogen and oxygen atoms in total. The minimum absolute atomic E-state index is 0.237. The van der Waals surface area contributed by atoms with Crippen LogP contribution in [0.25, 0.3) is 0 Å². The van der Waals surface area contributed by atoms with Gasteiger partial charge >= 0.3 is 8.80 Å². The Balaban J connectivity index is 4.11. The van der Waals surface area contributed by atoms with Crippen LogP contribution >= 0.6 is 0 Å². The van der Waals surface area contributed by atoms with Gasteiger partial charge in [-0.2, -0.15) is 0 Å². The number of hydrogen-bond donors (Lipinski definition) is 2. The van der Waals surface area contributed by atoms with Crippen LogP contribution in [0, 0.1) is 0 Å². The lowest BCUT2D eigenvalue weighted by atomic mass is 10.1. The van der Waals surface area contributed by atoms with Crippen molar-refractivity contribution in [1.82, 2.24) is 5.32 Å². The summed E-state index contributed by atoms with van der Waals surface area (Å²) < 4.78 is 17.5. The van der Waals surface area contributed by atoms with Crippen molar-refractivity contribution in [2.45, 2.75) is 65.6 Å². The predicted octanol–water partition coefficient (Wildman–Crippen LogP) is 2.14. The summed E-state index contributed by atoms with van der Waals surface area (Å²) in [5.41, 5.74) is 5.79. The van der Waals surface area contributed by atoms with Crippen LogP contribution in [-0.2, 0) is 13.3 Å². The molecule has 0 bridgehead atoms. The Morgan fingerprint density at radius 3 is 1.90 bits per heavy atom. The topological polar surface area (TPSA) is 65.7 Å². The van der Waals surface area contributed by atoms with Crippen molar-refractivity contribution in [2.75, 3.05) is 26.4 Å². The number of nitrogens with two attached hydrogens (primary N) is 1. The largest absolute Gasteiger partial charge is 0.500 e. The molecule has 0 saturated carbocycles. The van der Waals surface area contributed by atoms with Crippen molar-refractivity contribution in [2.24, 2.45) is 5.73 Å². The SMILES string of the molecule is CCO[Si](CCCNC(C)CC(C)N)(OCC)OCC. The highest BCUT2D eigenvalue weighted by molar-refractivity contribution is 6.60. The fourth-order valence-electron chi connectivity index (χ4n) is 2.30. The van der Waals surface area contributed by atoms with Crippen molar-refractivity contribution in [3.63, 3.8) is 0 Å². The standard InChI is InChI=1S/C14H34N2O3Si/c1-6-17-20(18-7-2,19-8-3)11-9-10-16-14(5)12-13(4)15/h13-14,16H,6-12,15H2,1-5H3. The van der Waals surface area contributed by atoms with Gasteiger partial charge in [-0.15, -0.1) is 0 Å². The molecule has 0 heterocycles. The Kier molecular flexibility index (Phi) is 11.7. The highest BCUT2D eigenvalue weighted by Crippen LogP contribution is 2.17. The molecule has 0 aromatic rings. The normalized spacial score (nSPS) is 15.3. The van der Waals surface area contributed by atoms with Gasteiger partial charge in [0.25, 0.3) is 0 Å². The first-order valence-corrected chi connectivity index (χ1v) is 9.83. The molecule has 0 aromatic carbocycles. The number of rotatable bonds is 13. The summed E-state index contributed by atoms with van der Waals surface area (Å²) in [6.45, 7) is 13.0. The maximum atomic E-state index is 5.83. The molecule has 0 amide bonds. The van der Waals surface area contributed by atoms with Gasteiger partial charge in [-0.1, -0.05) is 0 Å². The van der Waals surface area contributed by atoms with Crippen LogP contribution < -0.4 is 11.1 Å². The summed E-state index contributed by atoms with van der Waals surface area (Å²) in [4.78, 5) is 0. The summed E-state index contributed by atoms with van der Waals surface area (Å²) in [7, 11) is -2.46. The molecule has 0 spiro atoms. The Morgan fingerprint density at radius 1 is 1.00 bits per heavy atom. The first-order chi connectivity index (χ1) is 9.49. The zero-order valence-electron chi connectivity index (χ0n) is 13.9. The summed E-state index contributed by atoms with van der Waals surface area (Å²) in [6, 6.07) is 1.54. The monoisotopic (exact) mass is 306 g/mol. The Hall–Kier alpha value is 0.0169. The smallest absolute Gasteiger partial charge is 0.374 e. The van der Waals surface area contributed by atoms with Gasteiger partial charge in [0, 0.05) is 37.9 Å². The summed E-state index contributed by atoms with van der Waals surface area (Å²) in [6.07, 6.45) is 1.99. The molecule has 0 saturated heterocycles. The van der Waals surface area contributed by atoms with Gasteiger partial charge < -0.3 is 24.3 Å². The van der Waals surface area contributed by atoms with Crippen molar-refractivity contribution >= 4 is 8.80 Å². The minimum Gasteiger partial charge on any atom is -0.374 e. The average molecular weight is 307 g/mol. The lowest BCUT2D eigenvalue weighted by Crippen LogP contribution is -2.46. The Bertz CT molecular complexity index is 213. The van der Waals surface area contributed by atoms with E-state index in [-0.39, 0.29) is 6.04 Å². The van der Waals surface area contributed by atoms with E-state index >= 15 is 0 Å². The molecular formula is C14H34N2O3Si. The zero-order valence-corrected chi connectivity index (χ0v) is 14.9. The second kappa shape index (κ2) is 11.7. The van der Waals surface area contributed by atoms with Gasteiger partial charge in [-0.25, -0.2) is 0 Å². The van der Waals surface area contributed by atoms with Crippen molar-refractivity contribution in [3.05, 3.63) is 0 Å². The van der Waals surface area contributed by atoms with E-state index in [0.717, 1.165) is 25.4 Å². The maximum absolute atomic E-state index is 5.83. The fraction of sp³-hybridized carbons (Fsp3) is 1.00. The highest BCUT2D eigenvalue weighted by Gasteiger charge is 2.39. The second-order valence-corrected chi connectivity index (χ2v) is 7.89. The minimum atomic E-state index is -2.46. The molecule has 0 fully saturated rings. The summed E-state index contributed by atoms with van der Waals surface area (Å²) in [5, 5.41) is 3.49. The molecule has 0 aromatic heterocycles. The van der Waals surface area contributed by atoms with E-state index in [1.165, 1.54) is 0 Å². The van der Waals surface area contributed by atoms with Gasteiger partial charge in [-0.05, 0) is 54.0 Å². The molecule has 0 aliphatic heterocycles. The third kappa shape index (κ3) is 9.04. The van der Waals surface area contributed by atoms with Crippen LogP contribution in [0.1, 0.15) is 47.5 Å². The highest BCUT2D eigenvalue weighted by atomic mass is 28.4. The third-order valence-electron chi connectivity index (χ3n) is 2.97. The van der Waals surface area contributed by atoms with Crippen molar-refractivity contribution in [3.8, 4) is 0 Å². The van der Waals surface area contributed by atoms with E-state index in [2.05, 4.69) is 12.2 Å². The third-order valence-corrected chi connectivity index (χ3v) is 6.12. The fourth-order valence-corrected chi connectivity index (χ4v) is 4.91. The molecule has 122 valence electrons. The predicted molar refractivity (Wildman–Crippen MR) is 85.8 cm³/mol. The van der Waals surface area contributed by atoms with Gasteiger partial charge in [-0.3, -0.25) is 0 Å². The van der Waals surface area contributed by atoms with Crippen LogP contribution in [0.3, 0.4) is 0 Å². The maximum Gasteiger partial charge on any atom is 0.500 e. The first kappa shape index (κ1) is 20.0. The summed E-state index contributed by atoms with van der Waals surface area (Å²) in [5.74, 6) is 0. The molecule has 6 heteroatoms. The van der Waals surface area contributed by atoms with Gasteiger partial charge in [0.2, 0.25) is 0 Å². The van der Waals surface area contributed by atoms with Crippen molar-refractivity contribution in [1.29, 1.82) is 0 Å². The van der Waals surface area contributed by atoms with E-state index in [1.54, 1.807) is 0 Å². The van der Waals surface area contributed by atoms with E-state index in [0.29, 0.717) is 25.9 Å². The molecule has 2 unspecified atom stereocenters. The van der Waals surface area contributed by atoms with Gasteiger partial charge in [0.15, 0.2) is 0 Å². The van der Waals surface area contributed by atoms with E-state index in [4.69, 9.17) is 19.0 Å². The molecule has 0 aliphatic rings. The average Bonchev–Trinajstić information content (AvgIpc) is 2.35. The number of hydrogen-bond acceptors (Lipinski definition) is 5. The van der Waals surface area contributed by atoms with Gasteiger partial charge in [0.05, 0.1) is 0 Å². The molecule has 20 heavy (non-hydrogen) atoms. The lowest BCUT2D eigenvalue weighted by molar-refractivity contribution is 0.0707. The molecule has 2 atom stereocenters.